The fourth-order valence-electron chi connectivity index (χ4n) is 1.54. The molecule has 1 unspecified atom stereocenters. The number of rotatable bonds is 5. The van der Waals surface area contributed by atoms with Gasteiger partial charge in [0.05, 0.1) is 6.07 Å². The summed E-state index contributed by atoms with van der Waals surface area (Å²) >= 11 is 0. The number of nitrogens with zero attached hydrogens (tertiary/aromatic N) is 1. The monoisotopic (exact) mass is 230 g/mol. The molecule has 1 aromatic rings. The summed E-state index contributed by atoms with van der Waals surface area (Å²) in [6.07, 6.45) is 1.57. The van der Waals surface area contributed by atoms with Crippen LogP contribution in [-0.2, 0) is 17.8 Å². The molecule has 0 radical (unpaired) electrons. The van der Waals surface area contributed by atoms with E-state index in [1.165, 1.54) is 5.56 Å². The van der Waals surface area contributed by atoms with Crippen LogP contribution in [0, 0.1) is 17.2 Å². The molecule has 0 aliphatic rings. The standard InChI is InChI=1S/C14H18N2O/c1-3-11-5-7-12(8-6-11)10-16-14(17)13(4-2)9-15/h5-8,13H,3-4,10H2,1-2H3,(H,16,17). The zero-order valence-corrected chi connectivity index (χ0v) is 10.4. The van der Waals surface area contributed by atoms with Crippen LogP contribution in [0.3, 0.4) is 0 Å². The Morgan fingerprint density at radius 1 is 1.29 bits per heavy atom. The van der Waals surface area contributed by atoms with Gasteiger partial charge < -0.3 is 5.32 Å². The molecular formula is C14H18N2O. The van der Waals surface area contributed by atoms with E-state index in [-0.39, 0.29) is 5.91 Å². The number of benzene rings is 1. The van der Waals surface area contributed by atoms with Gasteiger partial charge in [-0.25, -0.2) is 0 Å². The summed E-state index contributed by atoms with van der Waals surface area (Å²) in [4.78, 5) is 11.6. The van der Waals surface area contributed by atoms with Crippen LogP contribution in [0.5, 0.6) is 0 Å². The van der Waals surface area contributed by atoms with Crippen LogP contribution < -0.4 is 5.32 Å². The Kier molecular flexibility index (Phi) is 5.22. The highest BCUT2D eigenvalue weighted by molar-refractivity contribution is 5.80. The minimum atomic E-state index is -0.537. The summed E-state index contributed by atoms with van der Waals surface area (Å²) in [5.74, 6) is -0.723. The molecular weight excluding hydrogens is 212 g/mol. The van der Waals surface area contributed by atoms with Gasteiger partial charge in [0, 0.05) is 6.54 Å². The molecule has 17 heavy (non-hydrogen) atoms. The number of carbonyl (C=O) groups is 1. The van der Waals surface area contributed by atoms with Crippen LogP contribution in [0.1, 0.15) is 31.4 Å². The Morgan fingerprint density at radius 3 is 2.35 bits per heavy atom. The van der Waals surface area contributed by atoms with E-state index in [1.54, 1.807) is 0 Å². The average Bonchev–Trinajstić information content (AvgIpc) is 2.38. The maximum Gasteiger partial charge on any atom is 0.237 e. The summed E-state index contributed by atoms with van der Waals surface area (Å²) in [5, 5.41) is 11.5. The topological polar surface area (TPSA) is 52.9 Å². The SMILES string of the molecule is CCc1ccc(CNC(=O)C(C#N)CC)cc1. The van der Waals surface area contributed by atoms with Crippen molar-refractivity contribution in [2.24, 2.45) is 5.92 Å². The average molecular weight is 230 g/mol. The molecule has 0 aromatic heterocycles. The highest BCUT2D eigenvalue weighted by atomic mass is 16.1. The van der Waals surface area contributed by atoms with Crippen LogP contribution in [0.15, 0.2) is 24.3 Å². The third kappa shape index (κ3) is 3.92. The predicted molar refractivity (Wildman–Crippen MR) is 67.1 cm³/mol. The minimum absolute atomic E-state index is 0.186. The van der Waals surface area contributed by atoms with Crippen molar-refractivity contribution in [2.45, 2.75) is 33.2 Å². The first-order valence-corrected chi connectivity index (χ1v) is 5.96. The van der Waals surface area contributed by atoms with E-state index < -0.39 is 5.92 Å². The van der Waals surface area contributed by atoms with Gasteiger partial charge in [0.25, 0.3) is 0 Å². The van der Waals surface area contributed by atoms with E-state index in [9.17, 15) is 4.79 Å². The predicted octanol–water partition coefficient (Wildman–Crippen LogP) is 2.41. The molecule has 90 valence electrons. The van der Waals surface area contributed by atoms with Crippen LogP contribution >= 0.6 is 0 Å². The molecule has 1 atom stereocenters. The number of nitriles is 1. The third-order valence-corrected chi connectivity index (χ3v) is 2.78. The van der Waals surface area contributed by atoms with Crippen molar-refractivity contribution >= 4 is 5.91 Å². The van der Waals surface area contributed by atoms with E-state index in [0.29, 0.717) is 13.0 Å². The molecule has 0 saturated heterocycles. The van der Waals surface area contributed by atoms with E-state index in [2.05, 4.69) is 24.4 Å². The quantitative estimate of drug-likeness (QED) is 0.844. The van der Waals surface area contributed by atoms with Crippen LogP contribution in [0.2, 0.25) is 0 Å². The molecule has 1 N–H and O–H groups in total. The summed E-state index contributed by atoms with van der Waals surface area (Å²) in [7, 11) is 0. The highest BCUT2D eigenvalue weighted by Gasteiger charge is 2.14. The third-order valence-electron chi connectivity index (χ3n) is 2.78. The number of hydrogen-bond donors (Lipinski definition) is 1. The number of amides is 1. The first kappa shape index (κ1) is 13.2. The lowest BCUT2D eigenvalue weighted by molar-refractivity contribution is -0.123. The second kappa shape index (κ2) is 6.70. The smallest absolute Gasteiger partial charge is 0.237 e. The highest BCUT2D eigenvalue weighted by Crippen LogP contribution is 2.06. The van der Waals surface area contributed by atoms with Gasteiger partial charge in [-0.1, -0.05) is 38.1 Å². The molecule has 1 rings (SSSR count). The van der Waals surface area contributed by atoms with Gasteiger partial charge in [0.15, 0.2) is 0 Å². The van der Waals surface area contributed by atoms with Crippen molar-refractivity contribution in [1.82, 2.24) is 5.32 Å². The van der Waals surface area contributed by atoms with Gasteiger partial charge in [-0.2, -0.15) is 5.26 Å². The van der Waals surface area contributed by atoms with Gasteiger partial charge in [-0.15, -0.1) is 0 Å². The summed E-state index contributed by atoms with van der Waals surface area (Å²) < 4.78 is 0. The molecule has 3 nitrogen and oxygen atoms in total. The Bertz CT molecular complexity index is 403. The summed E-state index contributed by atoms with van der Waals surface area (Å²) in [5.41, 5.74) is 2.34. The zero-order valence-electron chi connectivity index (χ0n) is 10.4. The molecule has 1 aromatic carbocycles. The molecule has 1 amide bonds. The number of carbonyl (C=O) groups excluding carboxylic acids is 1. The van der Waals surface area contributed by atoms with Gasteiger partial charge in [0.2, 0.25) is 5.91 Å². The lowest BCUT2D eigenvalue weighted by Gasteiger charge is -2.08. The van der Waals surface area contributed by atoms with Crippen molar-refractivity contribution in [3.8, 4) is 6.07 Å². The van der Waals surface area contributed by atoms with Crippen molar-refractivity contribution in [1.29, 1.82) is 5.26 Å². The van der Waals surface area contributed by atoms with Crippen molar-refractivity contribution in [3.63, 3.8) is 0 Å². The first-order chi connectivity index (χ1) is 8.21. The molecule has 0 bridgehead atoms. The fraction of sp³-hybridized carbons (Fsp3) is 0.429. The van der Waals surface area contributed by atoms with Crippen molar-refractivity contribution in [2.75, 3.05) is 0 Å². The fourth-order valence-corrected chi connectivity index (χ4v) is 1.54. The maximum atomic E-state index is 11.6. The molecule has 0 aliphatic heterocycles. The Hall–Kier alpha value is -1.82. The molecule has 0 fully saturated rings. The van der Waals surface area contributed by atoms with Crippen LogP contribution in [0.4, 0.5) is 0 Å². The molecule has 0 spiro atoms. The van der Waals surface area contributed by atoms with Crippen LogP contribution in [0.25, 0.3) is 0 Å². The second-order valence-electron chi connectivity index (χ2n) is 3.98. The number of aryl methyl sites for hydroxylation is 1. The molecule has 0 aliphatic carbocycles. The van der Waals surface area contributed by atoms with E-state index >= 15 is 0 Å². The first-order valence-electron chi connectivity index (χ1n) is 5.96. The zero-order chi connectivity index (χ0) is 12.7. The van der Waals surface area contributed by atoms with Crippen molar-refractivity contribution < 1.29 is 4.79 Å². The Balaban J connectivity index is 2.50. The van der Waals surface area contributed by atoms with E-state index in [1.807, 2.05) is 25.1 Å². The summed E-state index contributed by atoms with van der Waals surface area (Å²) in [6.45, 7) is 4.43. The van der Waals surface area contributed by atoms with Crippen LogP contribution in [-0.4, -0.2) is 5.91 Å². The van der Waals surface area contributed by atoms with Gasteiger partial charge in [-0.3, -0.25) is 4.79 Å². The number of hydrogen-bond acceptors (Lipinski definition) is 2. The minimum Gasteiger partial charge on any atom is -0.351 e. The second-order valence-corrected chi connectivity index (χ2v) is 3.98. The Morgan fingerprint density at radius 2 is 1.88 bits per heavy atom. The summed E-state index contributed by atoms with van der Waals surface area (Å²) in [6, 6.07) is 10.1. The molecule has 0 saturated carbocycles. The number of nitrogens with one attached hydrogen (secondary N) is 1. The normalized spacial score (nSPS) is 11.6. The molecule has 0 heterocycles. The van der Waals surface area contributed by atoms with Crippen molar-refractivity contribution in [3.05, 3.63) is 35.4 Å². The van der Waals surface area contributed by atoms with Gasteiger partial charge in [-0.05, 0) is 24.0 Å². The van der Waals surface area contributed by atoms with E-state index in [4.69, 9.17) is 5.26 Å². The van der Waals surface area contributed by atoms with Gasteiger partial charge >= 0.3 is 0 Å². The largest absolute Gasteiger partial charge is 0.351 e. The molecule has 3 heteroatoms. The lowest BCUT2D eigenvalue weighted by atomic mass is 10.1. The Labute approximate surface area is 102 Å². The lowest BCUT2D eigenvalue weighted by Crippen LogP contribution is -2.29. The van der Waals surface area contributed by atoms with E-state index in [0.717, 1.165) is 12.0 Å². The maximum absolute atomic E-state index is 11.6. The van der Waals surface area contributed by atoms with Gasteiger partial charge in [0.1, 0.15) is 5.92 Å².